The number of rotatable bonds is 6. The number of ether oxygens (including phenoxy) is 1. The number of carbonyl (C=O) groups is 1. The van der Waals surface area contributed by atoms with Gasteiger partial charge in [0.05, 0.1) is 33.9 Å². The van der Waals surface area contributed by atoms with Gasteiger partial charge in [-0.05, 0) is 50.2 Å². The summed E-state index contributed by atoms with van der Waals surface area (Å²) in [6.45, 7) is 6.72. The maximum Gasteiger partial charge on any atom is 0.243 e. The van der Waals surface area contributed by atoms with E-state index in [-0.39, 0.29) is 41.9 Å². The Morgan fingerprint density at radius 3 is 2.21 bits per heavy atom. The largest absolute Gasteiger partial charge is 0.372 e. The van der Waals surface area contributed by atoms with Crippen molar-refractivity contribution < 1.29 is 17.9 Å². The lowest BCUT2D eigenvalue weighted by Crippen LogP contribution is -2.51. The second-order valence-electron chi connectivity index (χ2n) is 9.53. The summed E-state index contributed by atoms with van der Waals surface area (Å²) in [5.74, 6) is 0.934. The van der Waals surface area contributed by atoms with E-state index in [2.05, 4.69) is 20.8 Å². The smallest absolute Gasteiger partial charge is 0.243 e. The molecule has 3 heterocycles. The number of sulfonamides is 1. The molecule has 1 amide bonds. The number of thioether (sulfide) groups is 1. The Balaban J connectivity index is 1.26. The normalized spacial score (nSPS) is 21.1. The van der Waals surface area contributed by atoms with Crippen LogP contribution in [0.2, 0.25) is 0 Å². The highest BCUT2D eigenvalue weighted by atomic mass is 79.9. The Morgan fingerprint density at radius 2 is 1.58 bits per heavy atom. The molecule has 2 aliphatic rings. The zero-order valence-electron chi connectivity index (χ0n) is 21.3. The van der Waals surface area contributed by atoms with Gasteiger partial charge in [-0.2, -0.15) is 4.31 Å². The number of halogens is 1. The maximum absolute atomic E-state index is 13.1. The van der Waals surface area contributed by atoms with E-state index < -0.39 is 10.0 Å². The van der Waals surface area contributed by atoms with E-state index in [0.717, 1.165) is 26.3 Å². The number of morpholine rings is 1. The lowest BCUT2D eigenvalue weighted by atomic mass is 10.2. The van der Waals surface area contributed by atoms with E-state index in [1.54, 1.807) is 29.2 Å². The summed E-state index contributed by atoms with van der Waals surface area (Å²) in [6, 6.07) is 14.3. The third-order valence-electron chi connectivity index (χ3n) is 6.62. The maximum atomic E-state index is 13.1. The molecule has 12 heteroatoms. The molecule has 0 N–H and O–H groups in total. The van der Waals surface area contributed by atoms with Crippen LogP contribution in [0.25, 0.3) is 11.0 Å². The van der Waals surface area contributed by atoms with Crippen LogP contribution in [0.4, 0.5) is 5.82 Å². The van der Waals surface area contributed by atoms with Gasteiger partial charge in [0.15, 0.2) is 5.82 Å². The van der Waals surface area contributed by atoms with Gasteiger partial charge in [-0.15, -0.1) is 0 Å². The molecule has 0 radical (unpaired) electrons. The summed E-state index contributed by atoms with van der Waals surface area (Å²) in [4.78, 5) is 27.1. The van der Waals surface area contributed by atoms with Crippen molar-refractivity contribution in [1.29, 1.82) is 0 Å². The van der Waals surface area contributed by atoms with Gasteiger partial charge in [0, 0.05) is 43.7 Å². The van der Waals surface area contributed by atoms with Crippen molar-refractivity contribution in [1.82, 2.24) is 19.2 Å². The average Bonchev–Trinajstić information content (AvgIpc) is 2.91. The first-order valence-electron chi connectivity index (χ1n) is 12.5. The number of para-hydroxylation sites is 2. The highest BCUT2D eigenvalue weighted by molar-refractivity contribution is 9.10. The lowest BCUT2D eigenvalue weighted by Gasteiger charge is -2.36. The molecule has 2 atom stereocenters. The number of aromatic nitrogens is 2. The molecule has 2 aromatic carbocycles. The Bertz CT molecular complexity index is 1400. The molecular weight excluding hydrogens is 590 g/mol. The third kappa shape index (κ3) is 5.99. The fourth-order valence-corrected chi connectivity index (χ4v) is 7.38. The highest BCUT2D eigenvalue weighted by Gasteiger charge is 2.31. The molecule has 3 aromatic rings. The SMILES string of the molecule is CC1CN(c2nc3ccccc3nc2SCC(=O)N2CCN(S(=O)(=O)c3ccc(Br)cc3)CC2)CC(C)O1. The standard InChI is InChI=1S/C26H30BrN5O4S2/c1-18-15-31(16-19(2)36-18)25-26(29-23-6-4-3-5-22(23)28-25)37-17-24(33)30-11-13-32(14-12-30)38(34,35)21-9-7-20(27)8-10-21/h3-10,18-19H,11-17H2,1-2H3. The van der Waals surface area contributed by atoms with E-state index in [1.165, 1.54) is 16.1 Å². The van der Waals surface area contributed by atoms with E-state index in [0.29, 0.717) is 26.2 Å². The van der Waals surface area contributed by atoms with Crippen LogP contribution in [0.1, 0.15) is 13.8 Å². The van der Waals surface area contributed by atoms with Gasteiger partial charge >= 0.3 is 0 Å². The molecule has 2 unspecified atom stereocenters. The number of nitrogens with zero attached hydrogens (tertiary/aromatic N) is 5. The van der Waals surface area contributed by atoms with Crippen LogP contribution >= 0.6 is 27.7 Å². The number of hydrogen-bond donors (Lipinski definition) is 0. The molecule has 5 rings (SSSR count). The third-order valence-corrected chi connectivity index (χ3v) is 10.00. The van der Waals surface area contributed by atoms with Crippen LogP contribution in [0.15, 0.2) is 62.9 Å². The number of carbonyl (C=O) groups excluding carboxylic acids is 1. The number of benzene rings is 2. The summed E-state index contributed by atoms with van der Waals surface area (Å²) >= 11 is 4.72. The van der Waals surface area contributed by atoms with Crippen molar-refractivity contribution >= 4 is 60.5 Å². The summed E-state index contributed by atoms with van der Waals surface area (Å²) in [6.07, 6.45) is 0.132. The van der Waals surface area contributed by atoms with Gasteiger partial charge in [0.2, 0.25) is 15.9 Å². The van der Waals surface area contributed by atoms with Crippen LogP contribution in [0.5, 0.6) is 0 Å². The van der Waals surface area contributed by atoms with Crippen molar-refractivity contribution in [2.45, 2.75) is 36.0 Å². The zero-order chi connectivity index (χ0) is 26.9. The van der Waals surface area contributed by atoms with Gasteiger partial charge in [-0.3, -0.25) is 4.79 Å². The number of fused-ring (bicyclic) bond motifs is 1. The van der Waals surface area contributed by atoms with Gasteiger partial charge in [0.25, 0.3) is 0 Å². The fourth-order valence-electron chi connectivity index (χ4n) is 4.78. The quantitative estimate of drug-likeness (QED) is 0.386. The summed E-state index contributed by atoms with van der Waals surface area (Å²) < 4.78 is 34.2. The minimum absolute atomic E-state index is 0.0414. The average molecular weight is 621 g/mol. The Labute approximate surface area is 235 Å². The van der Waals surface area contributed by atoms with Crippen LogP contribution in [-0.2, 0) is 19.6 Å². The fraction of sp³-hybridized carbons (Fsp3) is 0.423. The number of hydrogen-bond acceptors (Lipinski definition) is 8. The molecule has 2 aliphatic heterocycles. The molecule has 2 saturated heterocycles. The Hall–Kier alpha value is -2.25. The van der Waals surface area contributed by atoms with Gasteiger partial charge < -0.3 is 14.5 Å². The Kier molecular flexibility index (Phi) is 8.25. The topological polar surface area (TPSA) is 95.9 Å². The number of piperazine rings is 1. The molecule has 202 valence electrons. The molecule has 0 saturated carbocycles. The van der Waals surface area contributed by atoms with Crippen LogP contribution in [-0.4, -0.2) is 90.7 Å². The van der Waals surface area contributed by atoms with Gasteiger partial charge in [-0.1, -0.05) is 39.8 Å². The second kappa shape index (κ2) is 11.5. The van der Waals surface area contributed by atoms with Crippen molar-refractivity contribution in [3.05, 3.63) is 53.0 Å². The van der Waals surface area contributed by atoms with Gasteiger partial charge in [0.1, 0.15) is 5.03 Å². The monoisotopic (exact) mass is 619 g/mol. The molecule has 0 bridgehead atoms. The first-order chi connectivity index (χ1) is 18.2. The molecule has 1 aromatic heterocycles. The molecule has 0 spiro atoms. The van der Waals surface area contributed by atoms with Crippen molar-refractivity contribution in [3.63, 3.8) is 0 Å². The summed E-state index contributed by atoms with van der Waals surface area (Å²) in [7, 11) is -3.60. The van der Waals surface area contributed by atoms with Crippen LogP contribution in [0, 0.1) is 0 Å². The summed E-state index contributed by atoms with van der Waals surface area (Å²) in [5.41, 5.74) is 1.60. The Morgan fingerprint density at radius 1 is 0.974 bits per heavy atom. The van der Waals surface area contributed by atoms with E-state index in [1.807, 2.05) is 38.1 Å². The first kappa shape index (κ1) is 27.3. The summed E-state index contributed by atoms with van der Waals surface area (Å²) in [5, 5.41) is 0.717. The predicted molar refractivity (Wildman–Crippen MR) is 152 cm³/mol. The molecule has 2 fully saturated rings. The van der Waals surface area contributed by atoms with Gasteiger partial charge in [-0.25, -0.2) is 18.4 Å². The van der Waals surface area contributed by atoms with Crippen LogP contribution in [0.3, 0.4) is 0 Å². The van der Waals surface area contributed by atoms with Crippen molar-refractivity contribution in [3.8, 4) is 0 Å². The molecule has 0 aliphatic carbocycles. The van der Waals surface area contributed by atoms with E-state index in [4.69, 9.17) is 14.7 Å². The first-order valence-corrected chi connectivity index (χ1v) is 15.8. The predicted octanol–water partition coefficient (Wildman–Crippen LogP) is 3.63. The minimum atomic E-state index is -3.60. The van der Waals surface area contributed by atoms with E-state index >= 15 is 0 Å². The number of anilines is 1. The highest BCUT2D eigenvalue weighted by Crippen LogP contribution is 2.31. The molecular formula is C26H30BrN5O4S2. The molecule has 9 nitrogen and oxygen atoms in total. The lowest BCUT2D eigenvalue weighted by molar-refractivity contribution is -0.129. The number of amides is 1. The molecule has 38 heavy (non-hydrogen) atoms. The van der Waals surface area contributed by atoms with Crippen molar-refractivity contribution in [2.75, 3.05) is 49.9 Å². The second-order valence-corrected chi connectivity index (χ2v) is 13.3. The minimum Gasteiger partial charge on any atom is -0.372 e. The van der Waals surface area contributed by atoms with E-state index in [9.17, 15) is 13.2 Å². The van der Waals surface area contributed by atoms with Crippen LogP contribution < -0.4 is 4.90 Å². The zero-order valence-corrected chi connectivity index (χ0v) is 24.5. The van der Waals surface area contributed by atoms with Crippen molar-refractivity contribution in [2.24, 2.45) is 0 Å².